The van der Waals surface area contributed by atoms with E-state index >= 15 is 0 Å². The Balaban J connectivity index is 1.60. The van der Waals surface area contributed by atoms with Crippen molar-refractivity contribution in [2.45, 2.75) is 52.1 Å². The van der Waals surface area contributed by atoms with E-state index in [0.29, 0.717) is 5.92 Å². The van der Waals surface area contributed by atoms with Gasteiger partial charge in [-0.05, 0) is 56.4 Å². The van der Waals surface area contributed by atoms with Crippen molar-refractivity contribution in [3.05, 3.63) is 28.7 Å². The third-order valence-electron chi connectivity index (χ3n) is 4.52. The van der Waals surface area contributed by atoms with Crippen LogP contribution in [0.4, 0.5) is 5.69 Å². The SMILES string of the molecule is CC(CC(C)CCCCC1OC(=O)C1CO)=NNc1ccc(Br)cc1. The Morgan fingerprint density at radius 3 is 2.72 bits per heavy atom. The molecule has 0 aromatic heterocycles. The summed E-state index contributed by atoms with van der Waals surface area (Å²) >= 11 is 3.42. The minimum Gasteiger partial charge on any atom is -0.461 e. The number of ether oxygens (including phenoxy) is 1. The third-order valence-corrected chi connectivity index (χ3v) is 5.04. The van der Waals surface area contributed by atoms with Gasteiger partial charge in [0.15, 0.2) is 0 Å². The number of unbranched alkanes of at least 4 members (excludes halogenated alkanes) is 1. The number of nitrogens with zero attached hydrogens (tertiary/aromatic N) is 1. The quantitative estimate of drug-likeness (QED) is 0.260. The number of rotatable bonds is 10. The molecular formula is C19H27BrN2O3. The number of hydrogen-bond acceptors (Lipinski definition) is 5. The van der Waals surface area contributed by atoms with Gasteiger partial charge in [0.25, 0.3) is 0 Å². The largest absolute Gasteiger partial charge is 0.461 e. The predicted octanol–water partition coefficient (Wildman–Crippen LogP) is 4.36. The van der Waals surface area contributed by atoms with Crippen molar-refractivity contribution < 1.29 is 14.6 Å². The maximum atomic E-state index is 11.1. The van der Waals surface area contributed by atoms with Crippen molar-refractivity contribution in [1.82, 2.24) is 0 Å². The molecule has 6 heteroatoms. The maximum absolute atomic E-state index is 11.1. The minimum absolute atomic E-state index is 0.0776. The number of hydrogen-bond donors (Lipinski definition) is 2. The summed E-state index contributed by atoms with van der Waals surface area (Å²) in [5.41, 5.74) is 5.15. The predicted molar refractivity (Wildman–Crippen MR) is 104 cm³/mol. The van der Waals surface area contributed by atoms with Crippen LogP contribution in [0, 0.1) is 11.8 Å². The van der Waals surface area contributed by atoms with Crippen LogP contribution in [0.25, 0.3) is 0 Å². The topological polar surface area (TPSA) is 70.9 Å². The molecule has 3 unspecified atom stereocenters. The van der Waals surface area contributed by atoms with Crippen LogP contribution in [-0.4, -0.2) is 29.5 Å². The van der Waals surface area contributed by atoms with E-state index in [1.807, 2.05) is 31.2 Å². The fourth-order valence-electron chi connectivity index (χ4n) is 3.03. The Morgan fingerprint density at radius 2 is 2.08 bits per heavy atom. The molecule has 1 fully saturated rings. The molecule has 0 bridgehead atoms. The molecule has 2 rings (SSSR count). The van der Waals surface area contributed by atoms with E-state index in [9.17, 15) is 4.79 Å². The minimum atomic E-state index is -0.295. The summed E-state index contributed by atoms with van der Waals surface area (Å²) in [5, 5.41) is 13.5. The van der Waals surface area contributed by atoms with Crippen molar-refractivity contribution in [3.63, 3.8) is 0 Å². The Kier molecular flexibility index (Phi) is 7.90. The van der Waals surface area contributed by atoms with Crippen molar-refractivity contribution in [2.75, 3.05) is 12.0 Å². The number of anilines is 1. The van der Waals surface area contributed by atoms with Gasteiger partial charge in [-0.2, -0.15) is 5.10 Å². The van der Waals surface area contributed by atoms with Crippen LogP contribution >= 0.6 is 15.9 Å². The normalized spacial score (nSPS) is 21.4. The molecule has 25 heavy (non-hydrogen) atoms. The zero-order valence-corrected chi connectivity index (χ0v) is 16.5. The summed E-state index contributed by atoms with van der Waals surface area (Å²) in [6, 6.07) is 7.93. The van der Waals surface area contributed by atoms with E-state index in [1.54, 1.807) is 0 Å². The van der Waals surface area contributed by atoms with Crippen LogP contribution in [0.2, 0.25) is 0 Å². The summed E-state index contributed by atoms with van der Waals surface area (Å²) in [4.78, 5) is 11.1. The first-order valence-electron chi connectivity index (χ1n) is 8.85. The van der Waals surface area contributed by atoms with Crippen molar-refractivity contribution in [1.29, 1.82) is 0 Å². The summed E-state index contributed by atoms with van der Waals surface area (Å²) in [7, 11) is 0. The van der Waals surface area contributed by atoms with Crippen molar-refractivity contribution in [2.24, 2.45) is 16.9 Å². The number of nitrogens with one attached hydrogen (secondary N) is 1. The van der Waals surface area contributed by atoms with Gasteiger partial charge in [-0.25, -0.2) is 0 Å². The van der Waals surface area contributed by atoms with Gasteiger partial charge in [-0.3, -0.25) is 10.2 Å². The highest BCUT2D eigenvalue weighted by Crippen LogP contribution is 2.27. The average Bonchev–Trinajstić information content (AvgIpc) is 2.57. The number of hydrazone groups is 1. The smallest absolute Gasteiger partial charge is 0.315 e. The fourth-order valence-corrected chi connectivity index (χ4v) is 3.29. The summed E-state index contributed by atoms with van der Waals surface area (Å²) in [5.74, 6) is 0.00973. The lowest BCUT2D eigenvalue weighted by Crippen LogP contribution is -2.47. The van der Waals surface area contributed by atoms with E-state index in [2.05, 4.69) is 33.4 Å². The molecule has 1 heterocycles. The van der Waals surface area contributed by atoms with Gasteiger partial charge >= 0.3 is 5.97 Å². The second kappa shape index (κ2) is 9.92. The monoisotopic (exact) mass is 410 g/mol. The second-order valence-electron chi connectivity index (χ2n) is 6.82. The fraction of sp³-hybridized carbons (Fsp3) is 0.579. The first kappa shape index (κ1) is 19.9. The number of aliphatic hydroxyl groups excluding tert-OH is 1. The number of halogens is 1. The lowest BCUT2D eigenvalue weighted by molar-refractivity contribution is -0.189. The van der Waals surface area contributed by atoms with Crippen LogP contribution in [0.3, 0.4) is 0 Å². The molecule has 5 nitrogen and oxygen atoms in total. The third kappa shape index (κ3) is 6.44. The molecule has 138 valence electrons. The average molecular weight is 411 g/mol. The zero-order valence-electron chi connectivity index (χ0n) is 14.9. The Hall–Kier alpha value is -1.40. The van der Waals surface area contributed by atoms with Gasteiger partial charge in [-0.15, -0.1) is 0 Å². The van der Waals surface area contributed by atoms with Crippen LogP contribution < -0.4 is 5.43 Å². The number of cyclic esters (lactones) is 1. The van der Waals surface area contributed by atoms with Gasteiger partial charge in [-0.1, -0.05) is 35.7 Å². The lowest BCUT2D eigenvalue weighted by Gasteiger charge is -2.33. The standard InChI is InChI=1S/C19H27BrN2O3/c1-13(5-3-4-6-18-17(12-23)19(24)25-18)11-14(2)21-22-16-9-7-15(20)8-10-16/h7-10,13,17-18,22-23H,3-6,11-12H2,1-2H3. The van der Waals surface area contributed by atoms with Gasteiger partial charge in [0, 0.05) is 10.2 Å². The molecule has 1 aliphatic rings. The Labute approximate surface area is 158 Å². The highest BCUT2D eigenvalue weighted by molar-refractivity contribution is 9.10. The molecule has 3 atom stereocenters. The van der Waals surface area contributed by atoms with Gasteiger partial charge in [0.1, 0.15) is 12.0 Å². The number of esters is 1. The number of aliphatic hydroxyl groups is 1. The first-order valence-corrected chi connectivity index (χ1v) is 9.65. The van der Waals surface area contributed by atoms with Gasteiger partial charge in [0.2, 0.25) is 0 Å². The highest BCUT2D eigenvalue weighted by Gasteiger charge is 2.41. The number of carbonyl (C=O) groups excluding carboxylic acids is 1. The summed E-state index contributed by atoms with van der Waals surface area (Å²) < 4.78 is 6.12. The molecule has 0 amide bonds. The first-order chi connectivity index (χ1) is 12.0. The van der Waals surface area contributed by atoms with E-state index in [-0.39, 0.29) is 24.6 Å². The van der Waals surface area contributed by atoms with Gasteiger partial charge < -0.3 is 9.84 Å². The molecule has 0 aliphatic carbocycles. The lowest BCUT2D eigenvalue weighted by atomic mass is 9.91. The van der Waals surface area contributed by atoms with E-state index in [4.69, 9.17) is 9.84 Å². The van der Waals surface area contributed by atoms with Crippen LogP contribution in [0.15, 0.2) is 33.8 Å². The molecule has 2 N–H and O–H groups in total. The molecule has 1 aromatic rings. The van der Waals surface area contributed by atoms with Crippen molar-refractivity contribution >= 4 is 33.3 Å². The van der Waals surface area contributed by atoms with E-state index in [0.717, 1.165) is 48.0 Å². The van der Waals surface area contributed by atoms with Crippen LogP contribution in [0.5, 0.6) is 0 Å². The molecule has 0 saturated carbocycles. The number of carbonyl (C=O) groups is 1. The molecule has 0 spiro atoms. The zero-order chi connectivity index (χ0) is 18.2. The molecule has 1 saturated heterocycles. The Bertz CT molecular complexity index is 589. The number of benzene rings is 1. The van der Waals surface area contributed by atoms with Gasteiger partial charge in [0.05, 0.1) is 12.3 Å². The highest BCUT2D eigenvalue weighted by atomic mass is 79.9. The van der Waals surface area contributed by atoms with E-state index < -0.39 is 0 Å². The molecule has 0 radical (unpaired) electrons. The van der Waals surface area contributed by atoms with E-state index in [1.165, 1.54) is 0 Å². The maximum Gasteiger partial charge on any atom is 0.315 e. The van der Waals surface area contributed by atoms with Crippen molar-refractivity contribution in [3.8, 4) is 0 Å². The Morgan fingerprint density at radius 1 is 1.36 bits per heavy atom. The molecule has 1 aromatic carbocycles. The van der Waals surface area contributed by atoms with Crippen LogP contribution in [-0.2, 0) is 9.53 Å². The molecule has 1 aliphatic heterocycles. The second-order valence-corrected chi connectivity index (χ2v) is 7.74. The summed E-state index contributed by atoms with van der Waals surface area (Å²) in [6.45, 7) is 4.18. The molecular weight excluding hydrogens is 384 g/mol. The van der Waals surface area contributed by atoms with Crippen LogP contribution in [0.1, 0.15) is 46.0 Å². The summed E-state index contributed by atoms with van der Waals surface area (Å²) in [6.07, 6.45) is 4.97.